The van der Waals surface area contributed by atoms with Gasteiger partial charge in [0.15, 0.2) is 0 Å². The second kappa shape index (κ2) is 4.44. The fourth-order valence-corrected chi connectivity index (χ4v) is 2.79. The number of aromatic nitrogens is 3. The van der Waals surface area contributed by atoms with Crippen LogP contribution in [-0.4, -0.2) is 50.9 Å². The summed E-state index contributed by atoms with van der Waals surface area (Å²) >= 11 is 0. The van der Waals surface area contributed by atoms with Gasteiger partial charge in [0.2, 0.25) is 0 Å². The molecule has 1 aromatic rings. The molecule has 0 saturated carbocycles. The highest BCUT2D eigenvalue weighted by Crippen LogP contribution is 2.25. The van der Waals surface area contributed by atoms with E-state index in [1.165, 1.54) is 0 Å². The third-order valence-electron chi connectivity index (χ3n) is 3.60. The Morgan fingerprint density at radius 1 is 1.47 bits per heavy atom. The molecule has 0 amide bonds. The predicted molar refractivity (Wildman–Crippen MR) is 59.1 cm³/mol. The maximum Gasteiger partial charge on any atom is 0.323 e. The maximum atomic E-state index is 11.6. The number of hydrogen-bond donors (Lipinski definition) is 0. The van der Waals surface area contributed by atoms with Crippen molar-refractivity contribution in [3.8, 4) is 0 Å². The number of likely N-dealkylation sites (tertiary alicyclic amines) is 1. The number of carbonyl (C=O) groups excluding carboxylic acids is 1. The molecule has 3 rings (SSSR count). The Morgan fingerprint density at radius 2 is 2.41 bits per heavy atom. The molecule has 0 N–H and O–H groups in total. The summed E-state index contributed by atoms with van der Waals surface area (Å²) in [5, 5.41) is 4.12. The van der Waals surface area contributed by atoms with Crippen molar-refractivity contribution >= 4 is 5.97 Å². The van der Waals surface area contributed by atoms with Crippen LogP contribution in [0.5, 0.6) is 0 Å². The lowest BCUT2D eigenvalue weighted by Crippen LogP contribution is -2.43. The van der Waals surface area contributed by atoms with Crippen molar-refractivity contribution in [3.63, 3.8) is 0 Å². The first kappa shape index (κ1) is 10.7. The second-order valence-corrected chi connectivity index (χ2v) is 4.62. The summed E-state index contributed by atoms with van der Waals surface area (Å²) in [4.78, 5) is 17.8. The van der Waals surface area contributed by atoms with E-state index in [-0.39, 0.29) is 12.0 Å². The van der Waals surface area contributed by atoms with E-state index < -0.39 is 0 Å². The summed E-state index contributed by atoms with van der Waals surface area (Å²) in [5.41, 5.74) is 0. The lowest BCUT2D eigenvalue weighted by atomic mass is 10.1. The van der Waals surface area contributed by atoms with Gasteiger partial charge < -0.3 is 4.74 Å². The van der Waals surface area contributed by atoms with Crippen LogP contribution in [0.25, 0.3) is 0 Å². The molecule has 0 unspecified atom stereocenters. The highest BCUT2D eigenvalue weighted by Gasteiger charge is 2.38. The number of hydrogen-bond acceptors (Lipinski definition) is 5. The zero-order chi connectivity index (χ0) is 11.7. The number of nitrogens with zero attached hydrogens (tertiary/aromatic N) is 4. The van der Waals surface area contributed by atoms with Gasteiger partial charge in [-0.05, 0) is 19.4 Å². The average molecular weight is 236 g/mol. The molecule has 0 radical (unpaired) electrons. The first-order valence-corrected chi connectivity index (χ1v) is 6.09. The summed E-state index contributed by atoms with van der Waals surface area (Å²) in [7, 11) is 0. The number of rotatable bonds is 3. The maximum absolute atomic E-state index is 11.6. The van der Waals surface area contributed by atoms with Crippen molar-refractivity contribution < 1.29 is 9.53 Å². The van der Waals surface area contributed by atoms with Gasteiger partial charge in [0.1, 0.15) is 18.7 Å². The lowest BCUT2D eigenvalue weighted by Gasteiger charge is -2.27. The summed E-state index contributed by atoms with van der Waals surface area (Å²) < 4.78 is 6.88. The van der Waals surface area contributed by atoms with Crippen LogP contribution in [0.4, 0.5) is 0 Å². The molecule has 0 spiro atoms. The molecule has 2 fully saturated rings. The van der Waals surface area contributed by atoms with E-state index in [4.69, 9.17) is 4.74 Å². The monoisotopic (exact) mass is 236 g/mol. The molecule has 2 aliphatic heterocycles. The molecule has 92 valence electrons. The summed E-state index contributed by atoms with van der Waals surface area (Å²) in [6.07, 6.45) is 6.35. The number of ether oxygens (including phenoxy) is 1. The van der Waals surface area contributed by atoms with E-state index in [0.717, 1.165) is 32.4 Å². The molecule has 2 atom stereocenters. The van der Waals surface area contributed by atoms with Crippen LogP contribution in [0.1, 0.15) is 19.3 Å². The first-order valence-electron chi connectivity index (χ1n) is 6.09. The standard InChI is InChI=1S/C11H16N4O2/c16-11-10(3-5-17-11)15-4-1-2-9(15)6-14-8-12-7-13-14/h7-10H,1-6H2/t9-,10-/m0/s1. The quantitative estimate of drug-likeness (QED) is 0.694. The summed E-state index contributed by atoms with van der Waals surface area (Å²) in [5.74, 6) is -0.0597. The van der Waals surface area contributed by atoms with Crippen LogP contribution >= 0.6 is 0 Å². The Morgan fingerprint density at radius 3 is 3.12 bits per heavy atom. The van der Waals surface area contributed by atoms with Crippen LogP contribution in [-0.2, 0) is 16.1 Å². The zero-order valence-electron chi connectivity index (χ0n) is 9.66. The predicted octanol–water partition coefficient (Wildman–Crippen LogP) is 0.0580. The molecule has 6 nitrogen and oxygen atoms in total. The van der Waals surface area contributed by atoms with E-state index in [9.17, 15) is 4.79 Å². The van der Waals surface area contributed by atoms with E-state index >= 15 is 0 Å². The SMILES string of the molecule is O=C1OCC[C@@H]1N1CCC[C@H]1Cn1cncn1. The molecule has 2 aliphatic rings. The van der Waals surface area contributed by atoms with Gasteiger partial charge >= 0.3 is 5.97 Å². The van der Waals surface area contributed by atoms with Gasteiger partial charge in [0, 0.05) is 12.5 Å². The molecule has 2 saturated heterocycles. The van der Waals surface area contributed by atoms with Crippen molar-refractivity contribution in [2.24, 2.45) is 0 Å². The minimum Gasteiger partial charge on any atom is -0.464 e. The normalized spacial score (nSPS) is 29.8. The molecule has 3 heterocycles. The second-order valence-electron chi connectivity index (χ2n) is 4.62. The first-order chi connectivity index (χ1) is 8.34. The number of carbonyl (C=O) groups is 1. The van der Waals surface area contributed by atoms with Crippen LogP contribution in [0.2, 0.25) is 0 Å². The van der Waals surface area contributed by atoms with Crippen molar-refractivity contribution in [3.05, 3.63) is 12.7 Å². The Bertz CT molecular complexity index is 392. The van der Waals surface area contributed by atoms with Gasteiger partial charge in [-0.3, -0.25) is 14.4 Å². The summed E-state index contributed by atoms with van der Waals surface area (Å²) in [6, 6.07) is 0.346. The molecule has 17 heavy (non-hydrogen) atoms. The van der Waals surface area contributed by atoms with E-state index in [0.29, 0.717) is 12.6 Å². The highest BCUT2D eigenvalue weighted by molar-refractivity contribution is 5.77. The fraction of sp³-hybridized carbons (Fsp3) is 0.727. The van der Waals surface area contributed by atoms with Crippen molar-refractivity contribution in [1.29, 1.82) is 0 Å². The van der Waals surface area contributed by atoms with Crippen LogP contribution in [0.15, 0.2) is 12.7 Å². The molecule has 6 heteroatoms. The Kier molecular flexibility index (Phi) is 2.80. The summed E-state index contributed by atoms with van der Waals surface area (Å²) in [6.45, 7) is 2.36. The smallest absolute Gasteiger partial charge is 0.323 e. The Balaban J connectivity index is 1.69. The van der Waals surface area contributed by atoms with Gasteiger partial charge in [0.25, 0.3) is 0 Å². The average Bonchev–Trinajstić information content (AvgIpc) is 3.00. The van der Waals surface area contributed by atoms with Gasteiger partial charge in [-0.2, -0.15) is 5.10 Å². The largest absolute Gasteiger partial charge is 0.464 e. The van der Waals surface area contributed by atoms with Crippen LogP contribution in [0, 0.1) is 0 Å². The highest BCUT2D eigenvalue weighted by atomic mass is 16.5. The van der Waals surface area contributed by atoms with Gasteiger partial charge in [-0.1, -0.05) is 0 Å². The van der Waals surface area contributed by atoms with Crippen LogP contribution < -0.4 is 0 Å². The number of esters is 1. The minimum atomic E-state index is -0.0597. The fourth-order valence-electron chi connectivity index (χ4n) is 2.79. The minimum absolute atomic E-state index is 0.0361. The Labute approximate surface area is 99.6 Å². The van der Waals surface area contributed by atoms with Crippen molar-refractivity contribution in [1.82, 2.24) is 19.7 Å². The Hall–Kier alpha value is -1.43. The molecule has 1 aromatic heterocycles. The molecule has 0 aromatic carbocycles. The van der Waals surface area contributed by atoms with Crippen LogP contribution in [0.3, 0.4) is 0 Å². The molecule has 0 bridgehead atoms. The third-order valence-corrected chi connectivity index (χ3v) is 3.60. The van der Waals surface area contributed by atoms with E-state index in [2.05, 4.69) is 15.0 Å². The van der Waals surface area contributed by atoms with Crippen molar-refractivity contribution in [2.75, 3.05) is 13.2 Å². The van der Waals surface area contributed by atoms with Crippen molar-refractivity contribution in [2.45, 2.75) is 37.9 Å². The van der Waals surface area contributed by atoms with Gasteiger partial charge in [0.05, 0.1) is 13.2 Å². The van der Waals surface area contributed by atoms with Gasteiger partial charge in [-0.15, -0.1) is 0 Å². The molecular weight excluding hydrogens is 220 g/mol. The molecular formula is C11H16N4O2. The zero-order valence-corrected chi connectivity index (χ0v) is 9.66. The van der Waals surface area contributed by atoms with E-state index in [1.54, 1.807) is 12.7 Å². The topological polar surface area (TPSA) is 60.2 Å². The lowest BCUT2D eigenvalue weighted by molar-refractivity contribution is -0.142. The molecule has 0 aliphatic carbocycles. The van der Waals surface area contributed by atoms with Gasteiger partial charge in [-0.25, -0.2) is 4.98 Å². The number of cyclic esters (lactones) is 1. The van der Waals surface area contributed by atoms with E-state index in [1.807, 2.05) is 4.68 Å². The third kappa shape index (κ3) is 2.04.